The molecule has 2 amide bonds. The summed E-state index contributed by atoms with van der Waals surface area (Å²) < 4.78 is 5.71. The summed E-state index contributed by atoms with van der Waals surface area (Å²) in [4.78, 5) is 29.3. The zero-order valence-corrected chi connectivity index (χ0v) is 16.5. The number of nitrogens with zero attached hydrogens (tertiary/aromatic N) is 2. The fraction of sp³-hybridized carbons (Fsp3) is 0.619. The van der Waals surface area contributed by atoms with E-state index >= 15 is 0 Å². The molecule has 0 aliphatic carbocycles. The van der Waals surface area contributed by atoms with Crippen molar-refractivity contribution in [3.05, 3.63) is 29.3 Å². The van der Waals surface area contributed by atoms with Crippen LogP contribution in [0, 0.1) is 5.92 Å². The fourth-order valence-corrected chi connectivity index (χ4v) is 4.09. The third-order valence-corrected chi connectivity index (χ3v) is 5.56. The number of likely N-dealkylation sites (tertiary alicyclic amines) is 1. The number of phenols is 1. The van der Waals surface area contributed by atoms with E-state index < -0.39 is 0 Å². The van der Waals surface area contributed by atoms with Gasteiger partial charge in [-0.3, -0.25) is 9.59 Å². The van der Waals surface area contributed by atoms with Crippen LogP contribution in [-0.2, 0) is 16.0 Å². The summed E-state index contributed by atoms with van der Waals surface area (Å²) in [5, 5.41) is 10.1. The molecule has 0 bridgehead atoms. The van der Waals surface area contributed by atoms with Gasteiger partial charge in [-0.1, -0.05) is 13.0 Å². The second kappa shape index (κ2) is 8.30. The molecule has 6 nitrogen and oxygen atoms in total. The number of carbonyl (C=O) groups excluding carboxylic acids is 2. The molecule has 0 aromatic heterocycles. The Kier molecular flexibility index (Phi) is 6.05. The minimum Gasteiger partial charge on any atom is -0.507 e. The van der Waals surface area contributed by atoms with E-state index in [1.807, 2.05) is 31.7 Å². The van der Waals surface area contributed by atoms with E-state index in [0.717, 1.165) is 12.0 Å². The number of morpholine rings is 1. The molecule has 6 heteroatoms. The Bertz CT molecular complexity index is 687. The molecule has 0 spiro atoms. The summed E-state index contributed by atoms with van der Waals surface area (Å²) in [6.45, 7) is 8.37. The Labute approximate surface area is 161 Å². The molecular formula is C21H30N2O4. The molecule has 1 aromatic carbocycles. The number of amides is 2. The molecule has 0 unspecified atom stereocenters. The Balaban J connectivity index is 1.60. The second-order valence-electron chi connectivity index (χ2n) is 7.77. The van der Waals surface area contributed by atoms with Crippen molar-refractivity contribution in [2.45, 2.75) is 52.2 Å². The summed E-state index contributed by atoms with van der Waals surface area (Å²) in [6, 6.07) is 5.19. The molecule has 2 saturated heterocycles. The van der Waals surface area contributed by atoms with Gasteiger partial charge in [0, 0.05) is 32.1 Å². The van der Waals surface area contributed by atoms with Gasteiger partial charge in [0.2, 0.25) is 5.91 Å². The van der Waals surface area contributed by atoms with Crippen LogP contribution in [0.4, 0.5) is 0 Å². The minimum atomic E-state index is -0.151. The molecule has 2 fully saturated rings. The summed E-state index contributed by atoms with van der Waals surface area (Å²) in [7, 11) is 0. The van der Waals surface area contributed by atoms with E-state index in [9.17, 15) is 14.7 Å². The van der Waals surface area contributed by atoms with Crippen molar-refractivity contribution in [2.24, 2.45) is 5.92 Å². The number of aromatic hydroxyl groups is 1. The molecule has 27 heavy (non-hydrogen) atoms. The van der Waals surface area contributed by atoms with Crippen LogP contribution in [0.1, 0.15) is 49.5 Å². The van der Waals surface area contributed by atoms with Gasteiger partial charge in [0.15, 0.2) is 0 Å². The van der Waals surface area contributed by atoms with Gasteiger partial charge in [-0.05, 0) is 50.8 Å². The average molecular weight is 374 g/mol. The topological polar surface area (TPSA) is 70.1 Å². The van der Waals surface area contributed by atoms with Crippen LogP contribution in [-0.4, -0.2) is 65.1 Å². The van der Waals surface area contributed by atoms with Gasteiger partial charge in [-0.2, -0.15) is 0 Å². The summed E-state index contributed by atoms with van der Waals surface area (Å²) in [5.41, 5.74) is 1.38. The number of piperidine rings is 1. The van der Waals surface area contributed by atoms with E-state index in [1.165, 1.54) is 0 Å². The van der Waals surface area contributed by atoms with E-state index in [1.54, 1.807) is 17.0 Å². The number of rotatable bonds is 3. The SMILES string of the molecule is CCc1ccc(O)c(C(=O)N2CCC(C(=O)N3C[C@H](C)O[C@@H](C)C3)CC2)c1. The number of carbonyl (C=O) groups is 2. The predicted molar refractivity (Wildman–Crippen MR) is 103 cm³/mol. The molecule has 2 heterocycles. The van der Waals surface area contributed by atoms with Crippen molar-refractivity contribution in [3.63, 3.8) is 0 Å². The van der Waals surface area contributed by atoms with Crippen LogP contribution in [0.25, 0.3) is 0 Å². The van der Waals surface area contributed by atoms with Crippen molar-refractivity contribution in [1.29, 1.82) is 0 Å². The third kappa shape index (κ3) is 4.43. The summed E-state index contributed by atoms with van der Waals surface area (Å²) >= 11 is 0. The maximum atomic E-state index is 12.9. The van der Waals surface area contributed by atoms with Crippen molar-refractivity contribution >= 4 is 11.8 Å². The van der Waals surface area contributed by atoms with Gasteiger partial charge >= 0.3 is 0 Å². The highest BCUT2D eigenvalue weighted by atomic mass is 16.5. The minimum absolute atomic E-state index is 0.0201. The molecule has 2 atom stereocenters. The number of phenolic OH excluding ortho intramolecular Hbond substituents is 1. The van der Waals surface area contributed by atoms with Gasteiger partial charge in [0.1, 0.15) is 5.75 Å². The number of hydrogen-bond donors (Lipinski definition) is 1. The molecule has 2 aliphatic heterocycles. The zero-order chi connectivity index (χ0) is 19.6. The normalized spacial score (nSPS) is 24.1. The summed E-state index contributed by atoms with van der Waals surface area (Å²) in [5.74, 6) is 0.0102. The summed E-state index contributed by atoms with van der Waals surface area (Å²) in [6.07, 6.45) is 2.27. The first kappa shape index (κ1) is 19.7. The maximum Gasteiger partial charge on any atom is 0.257 e. The van der Waals surface area contributed by atoms with Crippen LogP contribution < -0.4 is 0 Å². The smallest absolute Gasteiger partial charge is 0.257 e. The number of aryl methyl sites for hydroxylation is 1. The molecule has 2 aliphatic rings. The average Bonchev–Trinajstić information content (AvgIpc) is 2.66. The van der Waals surface area contributed by atoms with Crippen molar-refractivity contribution in [1.82, 2.24) is 9.80 Å². The standard InChI is InChI=1S/C21H30N2O4/c1-4-16-5-6-19(24)18(11-16)21(26)22-9-7-17(8-10-22)20(25)23-12-14(2)27-15(3)13-23/h5-6,11,14-15,17,24H,4,7-10,12-13H2,1-3H3/t14-,15-/m0/s1. The Hall–Kier alpha value is -2.08. The van der Waals surface area contributed by atoms with E-state index in [-0.39, 0.29) is 35.7 Å². The van der Waals surface area contributed by atoms with Crippen molar-refractivity contribution in [2.75, 3.05) is 26.2 Å². The Morgan fingerprint density at radius 1 is 1.11 bits per heavy atom. The molecule has 148 valence electrons. The lowest BCUT2D eigenvalue weighted by molar-refractivity contribution is -0.148. The number of benzene rings is 1. The highest BCUT2D eigenvalue weighted by Crippen LogP contribution is 2.26. The zero-order valence-electron chi connectivity index (χ0n) is 16.5. The van der Waals surface area contributed by atoms with Crippen LogP contribution in [0.3, 0.4) is 0 Å². The van der Waals surface area contributed by atoms with Gasteiger partial charge < -0.3 is 19.6 Å². The van der Waals surface area contributed by atoms with Gasteiger partial charge in [0.05, 0.1) is 17.8 Å². The van der Waals surface area contributed by atoms with Gasteiger partial charge in [0.25, 0.3) is 5.91 Å². The molecule has 1 aromatic rings. The fourth-order valence-electron chi connectivity index (χ4n) is 4.09. The van der Waals surface area contributed by atoms with Crippen LogP contribution in [0.2, 0.25) is 0 Å². The van der Waals surface area contributed by atoms with E-state index in [0.29, 0.717) is 44.6 Å². The maximum absolute atomic E-state index is 12.9. The second-order valence-corrected chi connectivity index (χ2v) is 7.77. The Morgan fingerprint density at radius 3 is 2.33 bits per heavy atom. The van der Waals surface area contributed by atoms with Crippen LogP contribution in [0.5, 0.6) is 5.75 Å². The van der Waals surface area contributed by atoms with Gasteiger partial charge in [-0.15, -0.1) is 0 Å². The first-order valence-electron chi connectivity index (χ1n) is 9.94. The largest absolute Gasteiger partial charge is 0.507 e. The first-order chi connectivity index (χ1) is 12.9. The highest BCUT2D eigenvalue weighted by Gasteiger charge is 2.34. The number of ether oxygens (including phenoxy) is 1. The predicted octanol–water partition coefficient (Wildman–Crippen LogP) is 2.44. The Morgan fingerprint density at radius 2 is 1.74 bits per heavy atom. The van der Waals surface area contributed by atoms with E-state index in [4.69, 9.17) is 4.74 Å². The number of hydrogen-bond acceptors (Lipinski definition) is 4. The third-order valence-electron chi connectivity index (χ3n) is 5.56. The lowest BCUT2D eigenvalue weighted by Crippen LogP contribution is -2.51. The van der Waals surface area contributed by atoms with Crippen LogP contribution in [0.15, 0.2) is 18.2 Å². The molecular weight excluding hydrogens is 344 g/mol. The van der Waals surface area contributed by atoms with Crippen LogP contribution >= 0.6 is 0 Å². The lowest BCUT2D eigenvalue weighted by Gasteiger charge is -2.39. The quantitative estimate of drug-likeness (QED) is 0.882. The molecule has 0 saturated carbocycles. The molecule has 0 radical (unpaired) electrons. The molecule has 1 N–H and O–H groups in total. The lowest BCUT2D eigenvalue weighted by atomic mass is 9.94. The molecule has 3 rings (SSSR count). The van der Waals surface area contributed by atoms with Crippen molar-refractivity contribution < 1.29 is 19.4 Å². The monoisotopic (exact) mass is 374 g/mol. The van der Waals surface area contributed by atoms with Gasteiger partial charge in [-0.25, -0.2) is 0 Å². The van der Waals surface area contributed by atoms with Crippen molar-refractivity contribution in [3.8, 4) is 5.75 Å². The first-order valence-corrected chi connectivity index (χ1v) is 9.94. The highest BCUT2D eigenvalue weighted by molar-refractivity contribution is 5.97. The van der Waals surface area contributed by atoms with E-state index in [2.05, 4.69) is 0 Å².